The Balaban J connectivity index is 1.73. The van der Waals surface area contributed by atoms with Crippen molar-refractivity contribution in [2.45, 2.75) is 19.4 Å². The van der Waals surface area contributed by atoms with Gasteiger partial charge in [0.1, 0.15) is 5.82 Å². The molecule has 1 aliphatic heterocycles. The van der Waals surface area contributed by atoms with Crippen molar-refractivity contribution >= 4 is 27.4 Å². The van der Waals surface area contributed by atoms with E-state index in [0.29, 0.717) is 18.7 Å². The van der Waals surface area contributed by atoms with Gasteiger partial charge in [-0.2, -0.15) is 0 Å². The summed E-state index contributed by atoms with van der Waals surface area (Å²) in [6, 6.07) is 6.51. The molecule has 1 fully saturated rings. The molecule has 2 amide bonds. The van der Waals surface area contributed by atoms with Crippen molar-refractivity contribution < 1.29 is 17.6 Å². The van der Waals surface area contributed by atoms with Gasteiger partial charge in [-0.25, -0.2) is 17.6 Å². The Labute approximate surface area is 151 Å². The Morgan fingerprint density at radius 3 is 2.65 bits per heavy atom. The highest BCUT2D eigenvalue weighted by molar-refractivity contribution is 7.93. The zero-order valence-corrected chi connectivity index (χ0v) is 15.0. The van der Waals surface area contributed by atoms with Crippen molar-refractivity contribution in [1.82, 2.24) is 10.3 Å². The van der Waals surface area contributed by atoms with Gasteiger partial charge >= 0.3 is 6.03 Å². The first-order chi connectivity index (χ1) is 12.4. The van der Waals surface area contributed by atoms with Crippen LogP contribution in [0.5, 0.6) is 0 Å². The van der Waals surface area contributed by atoms with Crippen LogP contribution in [0.15, 0.2) is 42.7 Å². The van der Waals surface area contributed by atoms with E-state index in [0.717, 1.165) is 11.6 Å². The first-order valence-electron chi connectivity index (χ1n) is 8.14. The van der Waals surface area contributed by atoms with Crippen molar-refractivity contribution in [2.24, 2.45) is 0 Å². The molecule has 9 heteroatoms. The number of hydrogen-bond donors (Lipinski definition) is 2. The summed E-state index contributed by atoms with van der Waals surface area (Å²) in [5, 5.41) is 5.14. The minimum Gasteiger partial charge on any atom is -0.331 e. The van der Waals surface area contributed by atoms with Crippen molar-refractivity contribution in [2.75, 3.05) is 21.9 Å². The van der Waals surface area contributed by atoms with Gasteiger partial charge in [0, 0.05) is 18.9 Å². The Bertz CT molecular complexity index is 905. The standard InChI is InChI=1S/C17H19FN4O3S/c1-12(13-5-7-19-8-6-13)20-17(23)21-16-11-14(3-4-15(16)18)22-9-2-10-26(22,24)25/h3-8,11-12H,2,9-10H2,1H3,(H2,20,21,23). The van der Waals surface area contributed by atoms with Gasteiger partial charge in [-0.15, -0.1) is 0 Å². The van der Waals surface area contributed by atoms with E-state index in [-0.39, 0.29) is 17.5 Å². The molecular weight excluding hydrogens is 359 g/mol. The minimum absolute atomic E-state index is 0.0665. The van der Waals surface area contributed by atoms with Crippen LogP contribution in [0.25, 0.3) is 0 Å². The Morgan fingerprint density at radius 1 is 1.27 bits per heavy atom. The van der Waals surface area contributed by atoms with E-state index < -0.39 is 21.9 Å². The van der Waals surface area contributed by atoms with Crippen LogP contribution in [0.4, 0.5) is 20.6 Å². The van der Waals surface area contributed by atoms with Crippen LogP contribution in [-0.2, 0) is 10.0 Å². The number of carbonyl (C=O) groups excluding carboxylic acids is 1. The summed E-state index contributed by atoms with van der Waals surface area (Å²) in [5.41, 5.74) is 1.11. The van der Waals surface area contributed by atoms with Gasteiger partial charge in [0.2, 0.25) is 10.0 Å². The van der Waals surface area contributed by atoms with E-state index in [1.165, 1.54) is 16.4 Å². The maximum atomic E-state index is 14.1. The number of hydrogen-bond acceptors (Lipinski definition) is 4. The van der Waals surface area contributed by atoms with Crippen LogP contribution < -0.4 is 14.9 Å². The molecule has 1 aliphatic rings. The molecule has 7 nitrogen and oxygen atoms in total. The fourth-order valence-electron chi connectivity index (χ4n) is 2.78. The number of urea groups is 1. The van der Waals surface area contributed by atoms with E-state index >= 15 is 0 Å². The van der Waals surface area contributed by atoms with Crippen molar-refractivity contribution in [1.29, 1.82) is 0 Å². The lowest BCUT2D eigenvalue weighted by atomic mass is 10.1. The van der Waals surface area contributed by atoms with Gasteiger partial charge in [0.25, 0.3) is 0 Å². The number of pyridine rings is 1. The molecule has 1 aromatic heterocycles. The highest BCUT2D eigenvalue weighted by atomic mass is 32.2. The molecule has 1 aromatic carbocycles. The van der Waals surface area contributed by atoms with Gasteiger partial charge in [-0.3, -0.25) is 9.29 Å². The zero-order valence-electron chi connectivity index (χ0n) is 14.1. The molecule has 1 unspecified atom stereocenters. The lowest BCUT2D eigenvalue weighted by Crippen LogP contribution is -2.31. The number of nitrogens with zero attached hydrogens (tertiary/aromatic N) is 2. The van der Waals surface area contributed by atoms with Crippen LogP contribution in [0.2, 0.25) is 0 Å². The number of halogens is 1. The molecule has 0 saturated carbocycles. The molecule has 0 spiro atoms. The van der Waals surface area contributed by atoms with Gasteiger partial charge in [-0.1, -0.05) is 0 Å². The van der Waals surface area contributed by atoms with Crippen LogP contribution >= 0.6 is 0 Å². The van der Waals surface area contributed by atoms with Crippen molar-refractivity contribution in [3.63, 3.8) is 0 Å². The summed E-state index contributed by atoms with van der Waals surface area (Å²) in [6.07, 6.45) is 3.75. The van der Waals surface area contributed by atoms with Crippen molar-refractivity contribution in [3.05, 3.63) is 54.1 Å². The third-order valence-corrected chi connectivity index (χ3v) is 6.01. The van der Waals surface area contributed by atoms with Gasteiger partial charge in [0.15, 0.2) is 0 Å². The number of carbonyl (C=O) groups is 1. The first kappa shape index (κ1) is 18.1. The number of amides is 2. The second kappa shape index (κ2) is 7.28. The smallest absolute Gasteiger partial charge is 0.319 e. The highest BCUT2D eigenvalue weighted by Crippen LogP contribution is 2.28. The number of nitrogens with one attached hydrogen (secondary N) is 2. The summed E-state index contributed by atoms with van der Waals surface area (Å²) in [6.45, 7) is 2.14. The quantitative estimate of drug-likeness (QED) is 0.856. The van der Waals surface area contributed by atoms with Crippen LogP contribution in [0, 0.1) is 5.82 Å². The van der Waals surface area contributed by atoms with Gasteiger partial charge < -0.3 is 10.6 Å². The number of rotatable bonds is 4. The largest absolute Gasteiger partial charge is 0.331 e. The predicted molar refractivity (Wildman–Crippen MR) is 97.0 cm³/mol. The Morgan fingerprint density at radius 2 is 2.00 bits per heavy atom. The molecule has 0 radical (unpaired) electrons. The van der Waals surface area contributed by atoms with Crippen molar-refractivity contribution in [3.8, 4) is 0 Å². The van der Waals surface area contributed by atoms with E-state index in [1.54, 1.807) is 31.5 Å². The summed E-state index contributed by atoms with van der Waals surface area (Å²) in [7, 11) is -3.38. The fraction of sp³-hybridized carbons (Fsp3) is 0.294. The SMILES string of the molecule is CC(NC(=O)Nc1cc(N2CCCS2(=O)=O)ccc1F)c1ccncc1. The van der Waals surface area contributed by atoms with Crippen LogP contribution in [0.1, 0.15) is 24.9 Å². The van der Waals surface area contributed by atoms with Gasteiger partial charge in [0.05, 0.1) is 23.2 Å². The summed E-state index contributed by atoms with van der Waals surface area (Å²) >= 11 is 0. The number of sulfonamides is 1. The highest BCUT2D eigenvalue weighted by Gasteiger charge is 2.29. The third-order valence-electron chi connectivity index (χ3n) is 4.14. The minimum atomic E-state index is -3.38. The third kappa shape index (κ3) is 3.93. The zero-order chi connectivity index (χ0) is 18.7. The number of benzene rings is 1. The summed E-state index contributed by atoms with van der Waals surface area (Å²) < 4.78 is 39.3. The van der Waals surface area contributed by atoms with Crippen LogP contribution in [0.3, 0.4) is 0 Å². The maximum absolute atomic E-state index is 14.1. The van der Waals surface area contributed by atoms with Crippen LogP contribution in [-0.4, -0.2) is 31.7 Å². The lowest BCUT2D eigenvalue weighted by Gasteiger charge is -2.19. The predicted octanol–water partition coefficient (Wildman–Crippen LogP) is 2.64. The molecule has 1 saturated heterocycles. The van der Waals surface area contributed by atoms with E-state index in [4.69, 9.17) is 0 Å². The molecule has 138 valence electrons. The van der Waals surface area contributed by atoms with E-state index in [2.05, 4.69) is 15.6 Å². The number of aromatic nitrogens is 1. The molecule has 2 N–H and O–H groups in total. The molecule has 26 heavy (non-hydrogen) atoms. The van der Waals surface area contributed by atoms with Gasteiger partial charge in [-0.05, 0) is 49.2 Å². The summed E-state index contributed by atoms with van der Waals surface area (Å²) in [5.74, 6) is -0.575. The second-order valence-corrected chi connectivity index (χ2v) is 8.02. The van der Waals surface area contributed by atoms with E-state index in [1.807, 2.05) is 0 Å². The monoisotopic (exact) mass is 378 g/mol. The molecule has 2 aromatic rings. The molecule has 3 rings (SSSR count). The Hall–Kier alpha value is -2.68. The average Bonchev–Trinajstić information content (AvgIpc) is 2.97. The Kier molecular flexibility index (Phi) is 5.08. The number of anilines is 2. The first-order valence-corrected chi connectivity index (χ1v) is 9.75. The van der Waals surface area contributed by atoms with E-state index in [9.17, 15) is 17.6 Å². The normalized spacial score (nSPS) is 16.9. The second-order valence-electron chi connectivity index (χ2n) is 6.01. The lowest BCUT2D eigenvalue weighted by molar-refractivity contribution is 0.249. The average molecular weight is 378 g/mol. The fourth-order valence-corrected chi connectivity index (χ4v) is 4.34. The summed E-state index contributed by atoms with van der Waals surface area (Å²) in [4.78, 5) is 16.1. The topological polar surface area (TPSA) is 91.4 Å². The molecule has 0 aliphatic carbocycles. The molecule has 0 bridgehead atoms. The molecule has 2 heterocycles. The molecule has 1 atom stereocenters. The molecular formula is C17H19FN4O3S. The maximum Gasteiger partial charge on any atom is 0.319 e.